The van der Waals surface area contributed by atoms with Gasteiger partial charge in [-0.3, -0.25) is 0 Å². The molecule has 0 radical (unpaired) electrons. The van der Waals surface area contributed by atoms with E-state index in [-0.39, 0.29) is 0 Å². The molecule has 0 saturated heterocycles. The van der Waals surface area contributed by atoms with Crippen LogP contribution in [0.15, 0.2) is 0 Å². The smallest absolute Gasteiger partial charge is 0.104 e. The van der Waals surface area contributed by atoms with Gasteiger partial charge in [0.1, 0.15) is 5.94 Å². The molecule has 0 saturated carbocycles. The Bertz CT molecular complexity index is 39.0. The van der Waals surface area contributed by atoms with Gasteiger partial charge in [0.2, 0.25) is 0 Å². The fraction of sp³-hybridized carbons (Fsp3) is 1.00. The summed E-state index contributed by atoms with van der Waals surface area (Å²) in [7, 11) is 3.48. The number of hydrogen-bond donors (Lipinski definition) is 1. The van der Waals surface area contributed by atoms with E-state index in [9.17, 15) is 0 Å². The van der Waals surface area contributed by atoms with Gasteiger partial charge in [-0.1, -0.05) is 28.5 Å². The molecule has 0 amide bonds. The van der Waals surface area contributed by atoms with Gasteiger partial charge in [0.15, 0.2) is 0 Å². The van der Waals surface area contributed by atoms with Crippen LogP contribution in [0.4, 0.5) is 0 Å². The zero-order valence-electron chi connectivity index (χ0n) is 4.92. The molecule has 2 N–H and O–H groups in total. The lowest BCUT2D eigenvalue weighted by molar-refractivity contribution is 0.192. The third-order valence-electron chi connectivity index (χ3n) is 0.450. The van der Waals surface area contributed by atoms with E-state index in [0.29, 0.717) is 12.7 Å². The van der Waals surface area contributed by atoms with Gasteiger partial charge in [-0.2, -0.15) is 0 Å². The van der Waals surface area contributed by atoms with Crippen LogP contribution in [0.5, 0.6) is 0 Å². The minimum atomic E-state index is 0.331. The first kappa shape index (κ1) is 8.62. The molecule has 8 heavy (non-hydrogen) atoms. The van der Waals surface area contributed by atoms with Crippen LogP contribution in [-0.2, 0) is 4.74 Å². The Morgan fingerprint density at radius 3 is 2.75 bits per heavy atom. The fourth-order valence-electron chi connectivity index (χ4n) is 0.199. The Morgan fingerprint density at radius 1 is 1.50 bits per heavy atom. The molecular weight excluding hydrogens is 142 g/mol. The van der Waals surface area contributed by atoms with Crippen LogP contribution in [0.1, 0.15) is 6.92 Å². The molecule has 0 bridgehead atoms. The first-order chi connectivity index (χ1) is 3.91. The molecule has 0 heterocycles. The summed E-state index contributed by atoms with van der Waals surface area (Å²) in [4.78, 5) is 0. The second kappa shape index (κ2) is 7.62. The summed E-state index contributed by atoms with van der Waals surface area (Å²) >= 11 is 0. The van der Waals surface area contributed by atoms with Crippen molar-refractivity contribution in [2.24, 2.45) is 5.73 Å². The van der Waals surface area contributed by atoms with Gasteiger partial charge in [0.25, 0.3) is 0 Å². The van der Waals surface area contributed by atoms with Crippen molar-refractivity contribution in [3.8, 4) is 0 Å². The predicted octanol–water partition coefficient (Wildman–Crippen LogP) is 1.28. The van der Waals surface area contributed by atoms with Gasteiger partial charge in [-0.05, 0) is 0 Å². The maximum atomic E-state index is 5.07. The van der Waals surface area contributed by atoms with Gasteiger partial charge >= 0.3 is 0 Å². The van der Waals surface area contributed by atoms with E-state index in [0.717, 1.165) is 5.75 Å². The molecule has 0 unspecified atom stereocenters. The average molecular weight is 153 g/mol. The van der Waals surface area contributed by atoms with Crippen molar-refractivity contribution >= 4 is 21.6 Å². The zero-order valence-corrected chi connectivity index (χ0v) is 6.56. The Kier molecular flexibility index (Phi) is 8.21. The monoisotopic (exact) mass is 153 g/mol. The summed E-state index contributed by atoms with van der Waals surface area (Å²) in [6.07, 6.45) is 0. The van der Waals surface area contributed by atoms with Gasteiger partial charge in [-0.25, -0.2) is 0 Å². The van der Waals surface area contributed by atoms with Crippen LogP contribution in [-0.4, -0.2) is 18.4 Å². The lowest BCUT2D eigenvalue weighted by Crippen LogP contribution is -2.02. The highest BCUT2D eigenvalue weighted by Gasteiger charge is 1.83. The zero-order chi connectivity index (χ0) is 6.24. The summed E-state index contributed by atoms with van der Waals surface area (Å²) in [5, 5.41) is 0. The molecule has 0 spiro atoms. The molecular formula is C4H11NOS2. The van der Waals surface area contributed by atoms with Crippen LogP contribution in [0.25, 0.3) is 0 Å². The quantitative estimate of drug-likeness (QED) is 0.366. The maximum absolute atomic E-state index is 5.07. The Balaban J connectivity index is 2.53. The molecule has 0 aliphatic heterocycles. The summed E-state index contributed by atoms with van der Waals surface area (Å²) in [5.74, 6) is 1.83. The molecule has 0 aliphatic carbocycles. The molecule has 2 nitrogen and oxygen atoms in total. The Morgan fingerprint density at radius 2 is 2.25 bits per heavy atom. The van der Waals surface area contributed by atoms with E-state index < -0.39 is 0 Å². The summed E-state index contributed by atoms with van der Waals surface area (Å²) in [5.41, 5.74) is 5.07. The van der Waals surface area contributed by atoms with E-state index in [1.165, 1.54) is 0 Å². The van der Waals surface area contributed by atoms with Gasteiger partial charge in [0, 0.05) is 5.75 Å². The van der Waals surface area contributed by atoms with Crippen LogP contribution in [0, 0.1) is 0 Å². The van der Waals surface area contributed by atoms with E-state index in [2.05, 4.69) is 6.92 Å². The SMILES string of the molecule is CCSSCOCN. The third-order valence-corrected chi connectivity index (χ3v) is 2.61. The highest BCUT2D eigenvalue weighted by Crippen LogP contribution is 2.19. The fourth-order valence-corrected chi connectivity index (χ4v) is 1.51. The number of hydrogen-bond acceptors (Lipinski definition) is 4. The van der Waals surface area contributed by atoms with Crippen molar-refractivity contribution in [1.82, 2.24) is 0 Å². The largest absolute Gasteiger partial charge is 0.355 e. The summed E-state index contributed by atoms with van der Waals surface area (Å²) in [6, 6.07) is 0. The molecule has 0 fully saturated rings. The lowest BCUT2D eigenvalue weighted by atomic mass is 11.0. The summed E-state index contributed by atoms with van der Waals surface area (Å²) in [6.45, 7) is 2.44. The molecule has 0 aromatic heterocycles. The van der Waals surface area contributed by atoms with Crippen molar-refractivity contribution in [2.45, 2.75) is 6.92 Å². The van der Waals surface area contributed by atoms with Gasteiger partial charge in [-0.15, -0.1) is 0 Å². The van der Waals surface area contributed by atoms with Crippen molar-refractivity contribution in [3.63, 3.8) is 0 Å². The predicted molar refractivity (Wildman–Crippen MR) is 40.7 cm³/mol. The first-order valence-corrected chi connectivity index (χ1v) is 4.92. The second-order valence-electron chi connectivity index (χ2n) is 1.01. The van der Waals surface area contributed by atoms with E-state index >= 15 is 0 Å². The van der Waals surface area contributed by atoms with Crippen molar-refractivity contribution in [1.29, 1.82) is 0 Å². The van der Waals surface area contributed by atoms with Crippen LogP contribution in [0.2, 0.25) is 0 Å². The van der Waals surface area contributed by atoms with Crippen LogP contribution in [0.3, 0.4) is 0 Å². The molecule has 0 aromatic carbocycles. The van der Waals surface area contributed by atoms with E-state index in [4.69, 9.17) is 10.5 Å². The second-order valence-corrected chi connectivity index (χ2v) is 3.71. The highest BCUT2D eigenvalue weighted by molar-refractivity contribution is 8.76. The summed E-state index contributed by atoms with van der Waals surface area (Å²) < 4.78 is 4.86. The number of rotatable bonds is 5. The maximum Gasteiger partial charge on any atom is 0.104 e. The van der Waals surface area contributed by atoms with E-state index in [1.54, 1.807) is 21.6 Å². The van der Waals surface area contributed by atoms with Gasteiger partial charge < -0.3 is 10.5 Å². The average Bonchev–Trinajstić information content (AvgIpc) is 1.81. The van der Waals surface area contributed by atoms with Crippen molar-refractivity contribution in [2.75, 3.05) is 18.4 Å². The Hall–Kier alpha value is 0.620. The lowest BCUT2D eigenvalue weighted by Gasteiger charge is -1.96. The molecule has 0 atom stereocenters. The first-order valence-electron chi connectivity index (χ1n) is 2.44. The molecule has 50 valence electrons. The van der Waals surface area contributed by atoms with Crippen molar-refractivity contribution < 1.29 is 4.74 Å². The van der Waals surface area contributed by atoms with Crippen LogP contribution < -0.4 is 5.73 Å². The van der Waals surface area contributed by atoms with Crippen LogP contribution >= 0.6 is 21.6 Å². The highest BCUT2D eigenvalue weighted by atomic mass is 33.1. The molecule has 0 rings (SSSR count). The van der Waals surface area contributed by atoms with Crippen molar-refractivity contribution in [3.05, 3.63) is 0 Å². The molecule has 0 aromatic rings. The minimum Gasteiger partial charge on any atom is -0.355 e. The molecule has 0 aliphatic rings. The van der Waals surface area contributed by atoms with Gasteiger partial charge in [0.05, 0.1) is 6.73 Å². The topological polar surface area (TPSA) is 35.2 Å². The molecule has 4 heteroatoms. The van der Waals surface area contributed by atoms with E-state index in [1.807, 2.05) is 0 Å². The number of ether oxygens (including phenoxy) is 1. The normalized spacial score (nSPS) is 9.75. The third kappa shape index (κ3) is 6.62. The minimum absolute atomic E-state index is 0.331. The standard InChI is InChI=1S/C4H11NOS2/c1-2-7-8-4-6-3-5/h2-5H2,1H3. The Labute approximate surface area is 57.9 Å². The number of nitrogens with two attached hydrogens (primary N) is 1.